The molecule has 124 valence electrons. The Labute approximate surface area is 138 Å². The highest BCUT2D eigenvalue weighted by molar-refractivity contribution is 5.50. The molecule has 0 bridgehead atoms. The van der Waals surface area contributed by atoms with Crippen molar-refractivity contribution in [1.82, 2.24) is 0 Å². The first-order chi connectivity index (χ1) is 11.2. The summed E-state index contributed by atoms with van der Waals surface area (Å²) in [7, 11) is 0. The number of hydrogen-bond donors (Lipinski definition) is 0. The zero-order chi connectivity index (χ0) is 16.1. The Morgan fingerprint density at radius 3 is 2.57 bits per heavy atom. The van der Waals surface area contributed by atoms with Crippen molar-refractivity contribution in [3.63, 3.8) is 0 Å². The molecule has 1 fully saturated rings. The van der Waals surface area contributed by atoms with Gasteiger partial charge in [-0.15, -0.1) is 0 Å². The lowest BCUT2D eigenvalue weighted by atomic mass is 9.75. The Bertz CT molecular complexity index is 550. The van der Waals surface area contributed by atoms with Gasteiger partial charge in [-0.05, 0) is 49.3 Å². The third-order valence-corrected chi connectivity index (χ3v) is 5.31. The van der Waals surface area contributed by atoms with Crippen LogP contribution in [0, 0.1) is 22.0 Å². The molecule has 1 saturated carbocycles. The molecular formula is C19H26N2O2. The molecule has 0 aromatic heterocycles. The van der Waals surface area contributed by atoms with Crippen LogP contribution in [0.4, 0.5) is 5.69 Å². The summed E-state index contributed by atoms with van der Waals surface area (Å²) in [5.74, 6) is 0.618. The SMILES string of the molecule is O=[N+]([O-])CC(C1=CN(c2ccccc2)CCC1)C1CCCCC1. The standard InChI is InChI=1S/C19H26N2O2/c22-21(23)15-19(16-8-3-1-4-9-16)17-10-7-13-20(14-17)18-11-5-2-6-12-18/h2,5-6,11-12,14,16,19H,1,3-4,7-10,13,15H2. The lowest BCUT2D eigenvalue weighted by Crippen LogP contribution is -2.31. The molecule has 23 heavy (non-hydrogen) atoms. The van der Waals surface area contributed by atoms with Gasteiger partial charge in [-0.2, -0.15) is 0 Å². The molecule has 1 aliphatic heterocycles. The maximum atomic E-state index is 11.2. The first-order valence-corrected chi connectivity index (χ1v) is 8.88. The van der Waals surface area contributed by atoms with Crippen molar-refractivity contribution in [3.05, 3.63) is 52.2 Å². The van der Waals surface area contributed by atoms with E-state index < -0.39 is 0 Å². The highest BCUT2D eigenvalue weighted by Crippen LogP contribution is 2.37. The van der Waals surface area contributed by atoms with Crippen LogP contribution >= 0.6 is 0 Å². The van der Waals surface area contributed by atoms with Gasteiger partial charge in [0.2, 0.25) is 6.54 Å². The van der Waals surface area contributed by atoms with Crippen LogP contribution < -0.4 is 4.90 Å². The molecule has 0 radical (unpaired) electrons. The van der Waals surface area contributed by atoms with E-state index in [1.165, 1.54) is 30.5 Å². The monoisotopic (exact) mass is 314 g/mol. The van der Waals surface area contributed by atoms with Crippen LogP contribution in [0.5, 0.6) is 0 Å². The minimum atomic E-state index is -0.110. The molecule has 0 spiro atoms. The van der Waals surface area contributed by atoms with E-state index in [9.17, 15) is 10.1 Å². The lowest BCUT2D eigenvalue weighted by molar-refractivity contribution is -0.488. The molecule has 0 amide bonds. The number of nitro groups is 1. The minimum absolute atomic E-state index is 0.0964. The minimum Gasteiger partial charge on any atom is -0.348 e. The highest BCUT2D eigenvalue weighted by atomic mass is 16.6. The second-order valence-electron chi connectivity index (χ2n) is 6.86. The van der Waals surface area contributed by atoms with Crippen molar-refractivity contribution < 1.29 is 4.92 Å². The molecule has 3 rings (SSSR count). The van der Waals surface area contributed by atoms with E-state index in [-0.39, 0.29) is 17.4 Å². The van der Waals surface area contributed by atoms with Gasteiger partial charge in [0.1, 0.15) is 0 Å². The van der Waals surface area contributed by atoms with Crippen molar-refractivity contribution in [3.8, 4) is 0 Å². The number of para-hydroxylation sites is 1. The Morgan fingerprint density at radius 2 is 1.87 bits per heavy atom. The van der Waals surface area contributed by atoms with E-state index in [0.717, 1.165) is 32.2 Å². The van der Waals surface area contributed by atoms with Crippen molar-refractivity contribution in [1.29, 1.82) is 0 Å². The summed E-state index contributed by atoms with van der Waals surface area (Å²) in [5.41, 5.74) is 2.48. The molecule has 0 N–H and O–H groups in total. The van der Waals surface area contributed by atoms with Crippen LogP contribution in [0.2, 0.25) is 0 Å². The van der Waals surface area contributed by atoms with Gasteiger partial charge in [0.25, 0.3) is 0 Å². The van der Waals surface area contributed by atoms with Gasteiger partial charge >= 0.3 is 0 Å². The van der Waals surface area contributed by atoms with Crippen molar-refractivity contribution in [2.45, 2.75) is 44.9 Å². The number of anilines is 1. The Hall–Kier alpha value is -1.84. The Morgan fingerprint density at radius 1 is 1.13 bits per heavy atom. The third kappa shape index (κ3) is 4.12. The number of hydrogen-bond acceptors (Lipinski definition) is 3. The van der Waals surface area contributed by atoms with Crippen LogP contribution in [0.25, 0.3) is 0 Å². The molecule has 4 nitrogen and oxygen atoms in total. The largest absolute Gasteiger partial charge is 0.348 e. The zero-order valence-corrected chi connectivity index (χ0v) is 13.7. The fourth-order valence-electron chi connectivity index (χ4n) is 4.15. The van der Waals surface area contributed by atoms with Crippen LogP contribution in [0.1, 0.15) is 44.9 Å². The molecule has 1 atom stereocenters. The Balaban J connectivity index is 1.82. The summed E-state index contributed by atoms with van der Waals surface area (Å²) < 4.78 is 0. The second kappa shape index (κ2) is 7.62. The fraction of sp³-hybridized carbons (Fsp3) is 0.579. The average molecular weight is 314 g/mol. The normalized spacial score (nSPS) is 20.9. The molecule has 1 aromatic rings. The summed E-state index contributed by atoms with van der Waals surface area (Å²) >= 11 is 0. The predicted molar refractivity (Wildman–Crippen MR) is 93.0 cm³/mol. The summed E-state index contributed by atoms with van der Waals surface area (Å²) in [5, 5.41) is 11.2. The van der Waals surface area contributed by atoms with E-state index in [1.54, 1.807) is 0 Å². The van der Waals surface area contributed by atoms with E-state index in [4.69, 9.17) is 0 Å². The van der Waals surface area contributed by atoms with Crippen molar-refractivity contribution in [2.24, 2.45) is 11.8 Å². The third-order valence-electron chi connectivity index (χ3n) is 5.31. The molecule has 1 unspecified atom stereocenters. The van der Waals surface area contributed by atoms with Gasteiger partial charge in [-0.3, -0.25) is 10.1 Å². The summed E-state index contributed by atoms with van der Waals surface area (Å²) in [6.07, 6.45) is 10.4. The number of rotatable bonds is 5. The number of benzene rings is 1. The summed E-state index contributed by atoms with van der Waals surface area (Å²) in [6, 6.07) is 10.3. The molecule has 0 saturated heterocycles. The van der Waals surface area contributed by atoms with Crippen molar-refractivity contribution in [2.75, 3.05) is 18.0 Å². The average Bonchev–Trinajstić information content (AvgIpc) is 2.61. The van der Waals surface area contributed by atoms with Crippen LogP contribution in [0.15, 0.2) is 42.1 Å². The topological polar surface area (TPSA) is 46.4 Å². The number of nitrogens with zero attached hydrogens (tertiary/aromatic N) is 2. The quantitative estimate of drug-likeness (QED) is 0.587. The van der Waals surface area contributed by atoms with Crippen LogP contribution in [-0.4, -0.2) is 18.0 Å². The maximum Gasteiger partial charge on any atom is 0.210 e. The van der Waals surface area contributed by atoms with E-state index in [0.29, 0.717) is 5.92 Å². The molecule has 1 aliphatic carbocycles. The summed E-state index contributed by atoms with van der Waals surface area (Å²) in [6.45, 7) is 1.10. The molecule has 2 aliphatic rings. The predicted octanol–water partition coefficient (Wildman–Crippen LogP) is 4.64. The maximum absolute atomic E-state index is 11.2. The second-order valence-corrected chi connectivity index (χ2v) is 6.86. The van der Waals surface area contributed by atoms with E-state index in [2.05, 4.69) is 23.2 Å². The van der Waals surface area contributed by atoms with Gasteiger partial charge in [-0.1, -0.05) is 37.5 Å². The molecule has 1 aromatic carbocycles. The lowest BCUT2D eigenvalue weighted by Gasteiger charge is -2.34. The highest BCUT2D eigenvalue weighted by Gasteiger charge is 2.32. The van der Waals surface area contributed by atoms with Gasteiger partial charge < -0.3 is 4.90 Å². The molecule has 4 heteroatoms. The van der Waals surface area contributed by atoms with Crippen molar-refractivity contribution >= 4 is 5.69 Å². The zero-order valence-electron chi connectivity index (χ0n) is 13.7. The fourth-order valence-corrected chi connectivity index (χ4v) is 4.15. The van der Waals surface area contributed by atoms with Gasteiger partial charge in [0.15, 0.2) is 0 Å². The first-order valence-electron chi connectivity index (χ1n) is 8.88. The van der Waals surface area contributed by atoms with Gasteiger partial charge in [0, 0.05) is 29.3 Å². The van der Waals surface area contributed by atoms with Crippen LogP contribution in [-0.2, 0) is 0 Å². The summed E-state index contributed by atoms with van der Waals surface area (Å²) in [4.78, 5) is 13.4. The van der Waals surface area contributed by atoms with Crippen LogP contribution in [0.3, 0.4) is 0 Å². The van der Waals surface area contributed by atoms with Gasteiger partial charge in [-0.25, -0.2) is 0 Å². The smallest absolute Gasteiger partial charge is 0.210 e. The molecule has 1 heterocycles. The first kappa shape index (κ1) is 16.0. The van der Waals surface area contributed by atoms with E-state index >= 15 is 0 Å². The van der Waals surface area contributed by atoms with Gasteiger partial charge in [0.05, 0.1) is 0 Å². The van der Waals surface area contributed by atoms with E-state index in [1.807, 2.05) is 18.2 Å². The molecular weight excluding hydrogens is 288 g/mol. The Kier molecular flexibility index (Phi) is 5.31.